The number of hydrogen-bond donors (Lipinski definition) is 1. The molecule has 0 bridgehead atoms. The van der Waals surface area contributed by atoms with E-state index in [1.165, 1.54) is 11.1 Å². The van der Waals surface area contributed by atoms with Crippen LogP contribution >= 0.6 is 22.7 Å². The lowest BCUT2D eigenvalue weighted by Gasteiger charge is -1.98. The highest BCUT2D eigenvalue weighted by atomic mass is 32.1. The number of hydrogen-bond acceptors (Lipinski definition) is 4. The number of benzene rings is 1. The van der Waals surface area contributed by atoms with Crippen LogP contribution in [0.1, 0.15) is 10.4 Å². The van der Waals surface area contributed by atoms with Gasteiger partial charge >= 0.3 is 0 Å². The Kier molecular flexibility index (Phi) is 3.46. The zero-order chi connectivity index (χ0) is 13.2. The minimum atomic E-state index is 0.533. The van der Waals surface area contributed by atoms with Crippen LogP contribution in [0.15, 0.2) is 41.1 Å². The van der Waals surface area contributed by atoms with Gasteiger partial charge in [-0.2, -0.15) is 11.3 Å². The van der Waals surface area contributed by atoms with Crippen LogP contribution in [0.25, 0.3) is 21.8 Å². The molecule has 2 N–H and O–H groups in total. The summed E-state index contributed by atoms with van der Waals surface area (Å²) >= 11 is 3.41. The van der Waals surface area contributed by atoms with Crippen LogP contribution in [-0.4, -0.2) is 4.98 Å². The van der Waals surface area contributed by atoms with Crippen LogP contribution in [0, 0.1) is 6.92 Å². The summed E-state index contributed by atoms with van der Waals surface area (Å²) in [5.74, 6) is 0. The van der Waals surface area contributed by atoms with Gasteiger partial charge in [-0.15, -0.1) is 11.3 Å². The summed E-state index contributed by atoms with van der Waals surface area (Å²) < 4.78 is 0. The molecule has 96 valence electrons. The molecule has 2 aromatic heterocycles. The Hall–Kier alpha value is -1.49. The highest BCUT2D eigenvalue weighted by molar-refractivity contribution is 7.16. The maximum absolute atomic E-state index is 5.87. The average molecular weight is 286 g/mol. The Bertz CT molecular complexity index is 683. The van der Waals surface area contributed by atoms with E-state index in [0.29, 0.717) is 6.54 Å². The fourth-order valence-electron chi connectivity index (χ4n) is 2.01. The number of nitrogens with zero attached hydrogens (tertiary/aromatic N) is 1. The molecule has 0 spiro atoms. The fraction of sp³-hybridized carbons (Fsp3) is 0.133. The predicted molar refractivity (Wildman–Crippen MR) is 83.5 cm³/mol. The molecule has 0 aliphatic heterocycles. The first-order valence-corrected chi connectivity index (χ1v) is 7.84. The number of thiophene rings is 1. The molecule has 0 aliphatic rings. The molecule has 1 aromatic carbocycles. The van der Waals surface area contributed by atoms with E-state index >= 15 is 0 Å². The van der Waals surface area contributed by atoms with Gasteiger partial charge in [0.15, 0.2) is 0 Å². The van der Waals surface area contributed by atoms with E-state index in [-0.39, 0.29) is 0 Å². The van der Waals surface area contributed by atoms with Crippen molar-refractivity contribution in [2.45, 2.75) is 13.5 Å². The Morgan fingerprint density at radius 1 is 1.16 bits per heavy atom. The number of nitrogens with two attached hydrogens (primary N) is 1. The van der Waals surface area contributed by atoms with Gasteiger partial charge in [0.25, 0.3) is 0 Å². The molecule has 3 rings (SSSR count). The zero-order valence-corrected chi connectivity index (χ0v) is 12.2. The maximum atomic E-state index is 5.87. The molecule has 4 heteroatoms. The van der Waals surface area contributed by atoms with E-state index in [1.54, 1.807) is 22.7 Å². The topological polar surface area (TPSA) is 38.9 Å². The third kappa shape index (κ3) is 2.34. The normalized spacial score (nSPS) is 10.8. The minimum Gasteiger partial charge on any atom is -0.326 e. The van der Waals surface area contributed by atoms with Crippen molar-refractivity contribution in [3.8, 4) is 21.8 Å². The van der Waals surface area contributed by atoms with Crippen LogP contribution < -0.4 is 5.73 Å². The first-order chi connectivity index (χ1) is 9.29. The van der Waals surface area contributed by atoms with Gasteiger partial charge in [0, 0.05) is 27.9 Å². The van der Waals surface area contributed by atoms with Crippen molar-refractivity contribution >= 4 is 22.7 Å². The van der Waals surface area contributed by atoms with Gasteiger partial charge in [0.05, 0.1) is 5.69 Å². The molecule has 3 aromatic rings. The molecule has 0 unspecified atom stereocenters. The monoisotopic (exact) mass is 286 g/mol. The van der Waals surface area contributed by atoms with Crippen molar-refractivity contribution in [1.29, 1.82) is 0 Å². The molecule has 0 saturated heterocycles. The van der Waals surface area contributed by atoms with Crippen molar-refractivity contribution in [3.05, 3.63) is 51.5 Å². The van der Waals surface area contributed by atoms with Crippen LogP contribution in [-0.2, 0) is 6.54 Å². The number of rotatable bonds is 3. The third-order valence-electron chi connectivity index (χ3n) is 3.02. The molecule has 0 aliphatic carbocycles. The van der Waals surface area contributed by atoms with E-state index in [0.717, 1.165) is 21.1 Å². The van der Waals surface area contributed by atoms with Crippen molar-refractivity contribution < 1.29 is 0 Å². The lowest BCUT2D eigenvalue weighted by Crippen LogP contribution is -1.95. The third-order valence-corrected chi connectivity index (χ3v) is 4.99. The van der Waals surface area contributed by atoms with Gasteiger partial charge < -0.3 is 5.73 Å². The van der Waals surface area contributed by atoms with Crippen molar-refractivity contribution in [3.63, 3.8) is 0 Å². The molecule has 0 fully saturated rings. The van der Waals surface area contributed by atoms with E-state index < -0.39 is 0 Å². The van der Waals surface area contributed by atoms with Crippen molar-refractivity contribution in [2.75, 3.05) is 0 Å². The van der Waals surface area contributed by atoms with Gasteiger partial charge in [-0.3, -0.25) is 0 Å². The standard InChI is InChI=1S/C15H14N2S2/c1-10-8-18-9-12(10)15-17-14(13(7-16)19-15)11-5-3-2-4-6-11/h2-6,8-9H,7,16H2,1H3. The SMILES string of the molecule is Cc1cscc1-c1nc(-c2ccccc2)c(CN)s1. The molecule has 0 atom stereocenters. The molecular weight excluding hydrogens is 272 g/mol. The fourth-order valence-corrected chi connectivity index (χ4v) is 3.96. The first kappa shape index (κ1) is 12.5. The second-order valence-corrected chi connectivity index (χ2v) is 6.16. The second kappa shape index (κ2) is 5.25. The molecular formula is C15H14N2S2. The quantitative estimate of drug-likeness (QED) is 0.779. The summed E-state index contributed by atoms with van der Waals surface area (Å²) in [6, 6.07) is 10.2. The second-order valence-electron chi connectivity index (χ2n) is 4.33. The van der Waals surface area contributed by atoms with E-state index in [1.807, 2.05) is 18.2 Å². The van der Waals surface area contributed by atoms with Crippen LogP contribution in [0.2, 0.25) is 0 Å². The largest absolute Gasteiger partial charge is 0.326 e. The molecule has 19 heavy (non-hydrogen) atoms. The van der Waals surface area contributed by atoms with Crippen LogP contribution in [0.5, 0.6) is 0 Å². The van der Waals surface area contributed by atoms with E-state index in [4.69, 9.17) is 10.7 Å². The maximum Gasteiger partial charge on any atom is 0.125 e. The highest BCUT2D eigenvalue weighted by Crippen LogP contribution is 2.36. The summed E-state index contributed by atoms with van der Waals surface area (Å²) in [4.78, 5) is 5.94. The summed E-state index contributed by atoms with van der Waals surface area (Å²) in [5, 5.41) is 5.38. The summed E-state index contributed by atoms with van der Waals surface area (Å²) in [7, 11) is 0. The van der Waals surface area contributed by atoms with Gasteiger partial charge in [0.2, 0.25) is 0 Å². The molecule has 0 saturated carbocycles. The number of aryl methyl sites for hydroxylation is 1. The minimum absolute atomic E-state index is 0.533. The lowest BCUT2D eigenvalue weighted by molar-refractivity contribution is 1.10. The molecule has 2 heterocycles. The lowest BCUT2D eigenvalue weighted by atomic mass is 10.1. The Morgan fingerprint density at radius 2 is 1.95 bits per heavy atom. The summed E-state index contributed by atoms with van der Waals surface area (Å²) in [6.07, 6.45) is 0. The average Bonchev–Trinajstić information content (AvgIpc) is 3.05. The van der Waals surface area contributed by atoms with E-state index in [2.05, 4.69) is 29.8 Å². The molecule has 0 amide bonds. The van der Waals surface area contributed by atoms with Gasteiger partial charge in [-0.05, 0) is 17.9 Å². The number of aromatic nitrogens is 1. The number of thiazole rings is 1. The first-order valence-electron chi connectivity index (χ1n) is 6.08. The van der Waals surface area contributed by atoms with Crippen molar-refractivity contribution in [2.24, 2.45) is 5.73 Å². The van der Waals surface area contributed by atoms with Gasteiger partial charge in [-0.25, -0.2) is 4.98 Å². The summed E-state index contributed by atoms with van der Waals surface area (Å²) in [6.45, 7) is 2.66. The molecule has 2 nitrogen and oxygen atoms in total. The van der Waals surface area contributed by atoms with Gasteiger partial charge in [0.1, 0.15) is 5.01 Å². The Balaban J connectivity index is 2.12. The Morgan fingerprint density at radius 3 is 2.58 bits per heavy atom. The zero-order valence-electron chi connectivity index (χ0n) is 10.6. The van der Waals surface area contributed by atoms with Crippen molar-refractivity contribution in [1.82, 2.24) is 4.98 Å². The summed E-state index contributed by atoms with van der Waals surface area (Å²) in [5.41, 5.74) is 10.5. The predicted octanol–water partition coefficient (Wildman–Crippen LogP) is 4.31. The Labute approximate surface area is 120 Å². The smallest absolute Gasteiger partial charge is 0.125 e. The highest BCUT2D eigenvalue weighted by Gasteiger charge is 2.14. The van der Waals surface area contributed by atoms with Crippen LogP contribution in [0.4, 0.5) is 0 Å². The van der Waals surface area contributed by atoms with Gasteiger partial charge in [-0.1, -0.05) is 30.3 Å². The molecule has 0 radical (unpaired) electrons. The van der Waals surface area contributed by atoms with Crippen LogP contribution in [0.3, 0.4) is 0 Å². The van der Waals surface area contributed by atoms with E-state index in [9.17, 15) is 0 Å².